The first-order chi connectivity index (χ1) is 11.2. The number of hydrogen-bond donors (Lipinski definition) is 1. The molecule has 1 fully saturated rings. The smallest absolute Gasteiger partial charge is 0.259 e. The number of anilines is 1. The van der Waals surface area contributed by atoms with Crippen molar-refractivity contribution < 1.29 is 4.74 Å². The molecule has 0 atom stereocenters. The topological polar surface area (TPSA) is 69.0 Å². The molecule has 23 heavy (non-hydrogen) atoms. The number of rotatable bonds is 4. The monoisotopic (exact) mass is 314 g/mol. The van der Waals surface area contributed by atoms with Crippen LogP contribution in [0.15, 0.2) is 17.1 Å². The van der Waals surface area contributed by atoms with Crippen molar-refractivity contribution in [2.24, 2.45) is 0 Å². The van der Waals surface area contributed by atoms with Crippen LogP contribution in [-0.4, -0.2) is 28.7 Å². The Labute approximate surface area is 135 Å². The quantitative estimate of drug-likeness (QED) is 0.879. The maximum Gasteiger partial charge on any atom is 0.259 e. The first-order valence-corrected chi connectivity index (χ1v) is 7.96. The van der Waals surface area contributed by atoms with E-state index >= 15 is 0 Å². The van der Waals surface area contributed by atoms with E-state index in [-0.39, 0.29) is 11.6 Å². The molecule has 3 rings (SSSR count). The number of hydrogen-bond acceptors (Lipinski definition) is 5. The van der Waals surface area contributed by atoms with Gasteiger partial charge in [0.1, 0.15) is 5.65 Å². The molecule has 0 spiro atoms. The van der Waals surface area contributed by atoms with Crippen molar-refractivity contribution >= 4 is 23.1 Å². The number of aryl methyl sites for hydroxylation is 1. The molecule has 0 aromatic carbocycles. The van der Waals surface area contributed by atoms with Gasteiger partial charge in [-0.2, -0.15) is 4.98 Å². The number of pyridine rings is 1. The lowest BCUT2D eigenvalue weighted by Crippen LogP contribution is -2.27. The zero-order valence-electron chi connectivity index (χ0n) is 13.8. The van der Waals surface area contributed by atoms with Gasteiger partial charge in [0.15, 0.2) is 0 Å². The number of nitrogens with one attached hydrogen (secondary N) is 1. The Morgan fingerprint density at radius 3 is 2.74 bits per heavy atom. The molecule has 0 bridgehead atoms. The van der Waals surface area contributed by atoms with Crippen molar-refractivity contribution in [1.29, 1.82) is 0 Å². The SMILES string of the molecule is CNc1nc(C)c2cc(/C=C/OC)c(=O)n(C3CCCC3)c2n1. The van der Waals surface area contributed by atoms with E-state index in [1.165, 1.54) is 6.26 Å². The molecule has 2 aromatic rings. The van der Waals surface area contributed by atoms with Gasteiger partial charge in [-0.05, 0) is 31.9 Å². The first-order valence-electron chi connectivity index (χ1n) is 7.96. The fraction of sp³-hybridized carbons (Fsp3) is 0.471. The minimum absolute atomic E-state index is 0.0159. The molecule has 0 radical (unpaired) electrons. The largest absolute Gasteiger partial charge is 0.504 e. The van der Waals surface area contributed by atoms with Crippen molar-refractivity contribution in [2.45, 2.75) is 38.6 Å². The highest BCUT2D eigenvalue weighted by Gasteiger charge is 2.23. The van der Waals surface area contributed by atoms with Crippen molar-refractivity contribution in [3.05, 3.63) is 33.9 Å². The zero-order valence-corrected chi connectivity index (χ0v) is 13.8. The maximum absolute atomic E-state index is 13.0. The van der Waals surface area contributed by atoms with Gasteiger partial charge in [0, 0.05) is 24.0 Å². The minimum atomic E-state index is -0.0159. The highest BCUT2D eigenvalue weighted by molar-refractivity contribution is 5.81. The second kappa shape index (κ2) is 6.40. The fourth-order valence-electron chi connectivity index (χ4n) is 3.25. The van der Waals surface area contributed by atoms with E-state index < -0.39 is 0 Å². The second-order valence-electron chi connectivity index (χ2n) is 5.87. The normalized spacial score (nSPS) is 15.6. The van der Waals surface area contributed by atoms with Crippen LogP contribution in [0.2, 0.25) is 0 Å². The summed E-state index contributed by atoms with van der Waals surface area (Å²) >= 11 is 0. The van der Waals surface area contributed by atoms with Gasteiger partial charge in [-0.25, -0.2) is 4.98 Å². The Bertz CT molecular complexity index is 804. The molecule has 0 amide bonds. The van der Waals surface area contributed by atoms with E-state index in [4.69, 9.17) is 4.74 Å². The molecule has 122 valence electrons. The fourth-order valence-corrected chi connectivity index (χ4v) is 3.25. The molecule has 1 N–H and O–H groups in total. The third-order valence-electron chi connectivity index (χ3n) is 4.41. The van der Waals surface area contributed by atoms with Crippen LogP contribution in [0.1, 0.15) is 43.0 Å². The summed E-state index contributed by atoms with van der Waals surface area (Å²) in [5.74, 6) is 0.543. The van der Waals surface area contributed by atoms with Crippen molar-refractivity contribution in [2.75, 3.05) is 19.5 Å². The number of fused-ring (bicyclic) bond motifs is 1. The Morgan fingerprint density at radius 1 is 1.35 bits per heavy atom. The summed E-state index contributed by atoms with van der Waals surface area (Å²) in [5, 5.41) is 3.88. The zero-order chi connectivity index (χ0) is 16.4. The van der Waals surface area contributed by atoms with Crippen LogP contribution in [0.25, 0.3) is 17.1 Å². The summed E-state index contributed by atoms with van der Waals surface area (Å²) in [5.41, 5.74) is 2.17. The van der Waals surface area contributed by atoms with Crippen LogP contribution in [0.5, 0.6) is 0 Å². The summed E-state index contributed by atoms with van der Waals surface area (Å²) in [6.45, 7) is 1.94. The van der Waals surface area contributed by atoms with Crippen LogP contribution in [0, 0.1) is 6.92 Å². The van der Waals surface area contributed by atoms with Crippen LogP contribution in [0.4, 0.5) is 5.95 Å². The molecule has 1 saturated carbocycles. The summed E-state index contributed by atoms with van der Waals surface area (Å²) in [4.78, 5) is 22.0. The van der Waals surface area contributed by atoms with E-state index in [1.54, 1.807) is 20.2 Å². The summed E-state index contributed by atoms with van der Waals surface area (Å²) in [7, 11) is 3.36. The van der Waals surface area contributed by atoms with Crippen molar-refractivity contribution in [3.63, 3.8) is 0 Å². The number of methoxy groups -OCH3 is 1. The Morgan fingerprint density at radius 2 is 2.09 bits per heavy atom. The molecular weight excluding hydrogens is 292 g/mol. The molecule has 2 heterocycles. The molecule has 1 aliphatic carbocycles. The summed E-state index contributed by atoms with van der Waals surface area (Å²) in [6.07, 6.45) is 7.58. The Balaban J connectivity index is 2.33. The van der Waals surface area contributed by atoms with Gasteiger partial charge in [-0.1, -0.05) is 12.8 Å². The van der Waals surface area contributed by atoms with E-state index in [0.717, 1.165) is 36.8 Å². The molecule has 1 aliphatic rings. The van der Waals surface area contributed by atoms with Gasteiger partial charge >= 0.3 is 0 Å². The average Bonchev–Trinajstić information content (AvgIpc) is 3.07. The first kappa shape index (κ1) is 15.5. The van der Waals surface area contributed by atoms with Gasteiger partial charge in [0.05, 0.1) is 19.1 Å². The number of ether oxygens (including phenoxy) is 1. The molecule has 2 aromatic heterocycles. The lowest BCUT2D eigenvalue weighted by Gasteiger charge is -2.18. The average molecular weight is 314 g/mol. The lowest BCUT2D eigenvalue weighted by atomic mass is 10.1. The third-order valence-corrected chi connectivity index (χ3v) is 4.41. The van der Waals surface area contributed by atoms with Gasteiger partial charge < -0.3 is 10.1 Å². The van der Waals surface area contributed by atoms with Gasteiger partial charge in [0.25, 0.3) is 5.56 Å². The Kier molecular flexibility index (Phi) is 4.32. The minimum Gasteiger partial charge on any atom is -0.504 e. The summed E-state index contributed by atoms with van der Waals surface area (Å²) < 4.78 is 6.83. The molecule has 0 saturated heterocycles. The predicted octanol–water partition coefficient (Wildman–Crippen LogP) is 2.87. The Hall–Kier alpha value is -2.37. The van der Waals surface area contributed by atoms with Crippen molar-refractivity contribution in [1.82, 2.24) is 14.5 Å². The van der Waals surface area contributed by atoms with Crippen LogP contribution >= 0.6 is 0 Å². The predicted molar refractivity (Wildman–Crippen MR) is 91.6 cm³/mol. The number of nitrogens with zero attached hydrogens (tertiary/aromatic N) is 3. The van der Waals surface area contributed by atoms with Crippen LogP contribution in [0.3, 0.4) is 0 Å². The standard InChI is InChI=1S/C17H22N4O2/c1-11-14-10-12(8-9-23-3)16(22)21(13-6-4-5-7-13)15(14)20-17(18-2)19-11/h8-10,13H,4-7H2,1-3H3,(H,18,19,20)/b9-8+. The molecule has 0 unspecified atom stereocenters. The highest BCUT2D eigenvalue weighted by atomic mass is 16.5. The maximum atomic E-state index is 13.0. The molecule has 6 nitrogen and oxygen atoms in total. The van der Waals surface area contributed by atoms with E-state index in [1.807, 2.05) is 17.6 Å². The van der Waals surface area contributed by atoms with E-state index in [2.05, 4.69) is 15.3 Å². The molecule has 6 heteroatoms. The van der Waals surface area contributed by atoms with Crippen molar-refractivity contribution in [3.8, 4) is 0 Å². The molecule has 0 aliphatic heterocycles. The molecular formula is C17H22N4O2. The summed E-state index contributed by atoms with van der Waals surface area (Å²) in [6, 6.07) is 2.06. The van der Waals surface area contributed by atoms with Gasteiger partial charge in [0.2, 0.25) is 5.95 Å². The van der Waals surface area contributed by atoms with E-state index in [0.29, 0.717) is 17.2 Å². The van der Waals surface area contributed by atoms with Crippen LogP contribution in [-0.2, 0) is 4.74 Å². The second-order valence-corrected chi connectivity index (χ2v) is 5.87. The van der Waals surface area contributed by atoms with Gasteiger partial charge in [-0.15, -0.1) is 0 Å². The lowest BCUT2D eigenvalue weighted by molar-refractivity contribution is 0.341. The number of aromatic nitrogens is 3. The van der Waals surface area contributed by atoms with Crippen LogP contribution < -0.4 is 10.9 Å². The van der Waals surface area contributed by atoms with Gasteiger partial charge in [-0.3, -0.25) is 9.36 Å². The highest BCUT2D eigenvalue weighted by Crippen LogP contribution is 2.31. The third kappa shape index (κ3) is 2.81. The van der Waals surface area contributed by atoms with E-state index in [9.17, 15) is 4.79 Å².